The minimum atomic E-state index is -0.0459. The van der Waals surface area contributed by atoms with E-state index < -0.39 is 0 Å². The van der Waals surface area contributed by atoms with Crippen molar-refractivity contribution in [2.75, 3.05) is 31.1 Å². The summed E-state index contributed by atoms with van der Waals surface area (Å²) in [7, 11) is 0. The van der Waals surface area contributed by atoms with Gasteiger partial charge < -0.3 is 14.2 Å². The zero-order valence-electron chi connectivity index (χ0n) is 16.0. The Balaban J connectivity index is 1.31. The number of rotatable bonds is 3. The van der Waals surface area contributed by atoms with E-state index in [-0.39, 0.29) is 5.91 Å². The quantitative estimate of drug-likeness (QED) is 0.530. The first-order valence-electron chi connectivity index (χ1n) is 9.53. The van der Waals surface area contributed by atoms with Gasteiger partial charge in [-0.2, -0.15) is 4.68 Å². The predicted octanol–water partition coefficient (Wildman–Crippen LogP) is 1.58. The van der Waals surface area contributed by atoms with Crippen LogP contribution >= 0.6 is 0 Å². The van der Waals surface area contributed by atoms with Crippen molar-refractivity contribution in [2.24, 2.45) is 0 Å². The fraction of sp³-hybridized carbons (Fsp3) is 0.250. The number of pyridine rings is 1. The van der Waals surface area contributed by atoms with Crippen molar-refractivity contribution in [1.29, 1.82) is 0 Å². The smallest absolute Gasteiger partial charge is 0.274 e. The molecule has 0 radical (unpaired) electrons. The maximum Gasteiger partial charge on any atom is 0.274 e. The summed E-state index contributed by atoms with van der Waals surface area (Å²) in [6.07, 6.45) is 1.81. The van der Waals surface area contributed by atoms with Crippen LogP contribution < -0.4 is 4.90 Å². The van der Waals surface area contributed by atoms with E-state index in [1.165, 1.54) is 0 Å². The summed E-state index contributed by atoms with van der Waals surface area (Å²) in [5.74, 6) is 0.641. The highest BCUT2D eigenvalue weighted by molar-refractivity contribution is 5.93. The van der Waals surface area contributed by atoms with E-state index in [2.05, 4.69) is 25.4 Å². The number of hydrogen-bond donors (Lipinski definition) is 0. The van der Waals surface area contributed by atoms with Crippen LogP contribution in [-0.4, -0.2) is 66.6 Å². The molecule has 5 rings (SSSR count). The van der Waals surface area contributed by atoms with E-state index in [0.29, 0.717) is 37.8 Å². The van der Waals surface area contributed by atoms with Crippen LogP contribution in [0, 0.1) is 6.92 Å². The molecular weight excluding hydrogens is 368 g/mol. The van der Waals surface area contributed by atoms with Gasteiger partial charge in [-0.25, -0.2) is 4.98 Å². The van der Waals surface area contributed by atoms with E-state index in [4.69, 9.17) is 0 Å². The summed E-state index contributed by atoms with van der Waals surface area (Å²) in [5.41, 5.74) is 3.22. The molecular formula is C20H20N8O. The molecule has 1 fully saturated rings. The zero-order chi connectivity index (χ0) is 19.8. The van der Waals surface area contributed by atoms with E-state index in [1.54, 1.807) is 4.68 Å². The number of tetrazole rings is 1. The van der Waals surface area contributed by atoms with Crippen LogP contribution in [0.2, 0.25) is 0 Å². The van der Waals surface area contributed by atoms with E-state index in [1.807, 2.05) is 71.0 Å². The highest BCUT2D eigenvalue weighted by atomic mass is 16.2. The van der Waals surface area contributed by atoms with E-state index >= 15 is 0 Å². The van der Waals surface area contributed by atoms with Crippen molar-refractivity contribution in [2.45, 2.75) is 6.92 Å². The molecule has 4 heterocycles. The molecule has 0 bridgehead atoms. The van der Waals surface area contributed by atoms with Gasteiger partial charge in [0.25, 0.3) is 5.91 Å². The highest BCUT2D eigenvalue weighted by Crippen LogP contribution is 2.18. The number of amides is 1. The molecule has 0 N–H and O–H groups in total. The Bertz CT molecular complexity index is 1160. The van der Waals surface area contributed by atoms with Crippen LogP contribution in [0.1, 0.15) is 16.2 Å². The lowest BCUT2D eigenvalue weighted by Gasteiger charge is -2.34. The van der Waals surface area contributed by atoms with Crippen LogP contribution in [0.3, 0.4) is 0 Å². The van der Waals surface area contributed by atoms with Crippen LogP contribution in [0.5, 0.6) is 0 Å². The first-order chi connectivity index (χ1) is 14.2. The number of fused-ring (bicyclic) bond motifs is 1. The van der Waals surface area contributed by atoms with Crippen LogP contribution in [0.15, 0.2) is 54.7 Å². The summed E-state index contributed by atoms with van der Waals surface area (Å²) in [4.78, 5) is 21.4. The largest absolute Gasteiger partial charge is 0.336 e. The molecule has 1 amide bonds. The molecule has 0 spiro atoms. The SMILES string of the molecule is Cc1cccc2nc(C(=O)N3CCN(c4nnnn4-c4ccccc4)CC3)cn12. The number of imidazole rings is 1. The number of benzene rings is 1. The Morgan fingerprint density at radius 3 is 2.52 bits per heavy atom. The summed E-state index contributed by atoms with van der Waals surface area (Å²) in [5, 5.41) is 12.1. The van der Waals surface area contributed by atoms with Crippen LogP contribution in [0.25, 0.3) is 11.3 Å². The summed E-state index contributed by atoms with van der Waals surface area (Å²) < 4.78 is 3.67. The number of anilines is 1. The average Bonchev–Trinajstić information content (AvgIpc) is 3.42. The van der Waals surface area contributed by atoms with Crippen molar-refractivity contribution in [3.05, 3.63) is 66.1 Å². The molecule has 0 atom stereocenters. The molecule has 9 heteroatoms. The van der Waals surface area contributed by atoms with Crippen molar-refractivity contribution in [3.63, 3.8) is 0 Å². The van der Waals surface area contributed by atoms with Crippen molar-refractivity contribution < 1.29 is 4.79 Å². The Kier molecular flexibility index (Phi) is 4.19. The molecule has 1 aliphatic rings. The Labute approximate surface area is 167 Å². The Hall–Kier alpha value is -3.75. The highest BCUT2D eigenvalue weighted by Gasteiger charge is 2.26. The van der Waals surface area contributed by atoms with Crippen LogP contribution in [-0.2, 0) is 0 Å². The number of nitrogens with zero attached hydrogens (tertiary/aromatic N) is 8. The second-order valence-corrected chi connectivity index (χ2v) is 7.03. The van der Waals surface area contributed by atoms with Gasteiger partial charge in [-0.05, 0) is 41.6 Å². The lowest BCUT2D eigenvalue weighted by molar-refractivity contribution is 0.0741. The molecule has 29 heavy (non-hydrogen) atoms. The van der Waals surface area contributed by atoms with Gasteiger partial charge in [0.1, 0.15) is 11.3 Å². The number of aryl methyl sites for hydroxylation is 1. The number of para-hydroxylation sites is 1. The molecule has 1 aromatic carbocycles. The molecule has 0 unspecified atom stereocenters. The Morgan fingerprint density at radius 1 is 0.966 bits per heavy atom. The van der Waals surface area contributed by atoms with Gasteiger partial charge in [-0.3, -0.25) is 4.79 Å². The normalized spacial score (nSPS) is 14.5. The fourth-order valence-corrected chi connectivity index (χ4v) is 3.64. The molecule has 146 valence electrons. The lowest BCUT2D eigenvalue weighted by Crippen LogP contribution is -2.49. The van der Waals surface area contributed by atoms with Gasteiger partial charge in [0.2, 0.25) is 5.95 Å². The third-order valence-corrected chi connectivity index (χ3v) is 5.22. The molecule has 1 saturated heterocycles. The molecule has 4 aromatic rings. The minimum Gasteiger partial charge on any atom is -0.336 e. The fourth-order valence-electron chi connectivity index (χ4n) is 3.64. The Morgan fingerprint density at radius 2 is 1.76 bits per heavy atom. The van der Waals surface area contributed by atoms with Crippen molar-refractivity contribution >= 4 is 17.5 Å². The summed E-state index contributed by atoms with van der Waals surface area (Å²) in [6, 6.07) is 15.6. The number of aromatic nitrogens is 6. The molecule has 9 nitrogen and oxygen atoms in total. The van der Waals surface area contributed by atoms with Gasteiger partial charge in [-0.15, -0.1) is 0 Å². The van der Waals surface area contributed by atoms with Crippen molar-refractivity contribution in [1.82, 2.24) is 34.5 Å². The van der Waals surface area contributed by atoms with Crippen molar-refractivity contribution in [3.8, 4) is 5.69 Å². The van der Waals surface area contributed by atoms with Gasteiger partial charge in [-0.1, -0.05) is 29.4 Å². The second-order valence-electron chi connectivity index (χ2n) is 7.03. The minimum absolute atomic E-state index is 0.0459. The zero-order valence-corrected chi connectivity index (χ0v) is 16.0. The van der Waals surface area contributed by atoms with E-state index in [0.717, 1.165) is 17.0 Å². The number of carbonyl (C=O) groups is 1. The van der Waals surface area contributed by atoms with Gasteiger partial charge in [0, 0.05) is 38.1 Å². The molecule has 1 aliphatic heterocycles. The van der Waals surface area contributed by atoms with E-state index in [9.17, 15) is 4.79 Å². The van der Waals surface area contributed by atoms with Gasteiger partial charge >= 0.3 is 0 Å². The molecule has 0 aliphatic carbocycles. The van der Waals surface area contributed by atoms with Gasteiger partial charge in [0.05, 0.1) is 5.69 Å². The number of piperazine rings is 1. The number of carbonyl (C=O) groups excluding carboxylic acids is 1. The first kappa shape index (κ1) is 17.4. The monoisotopic (exact) mass is 388 g/mol. The summed E-state index contributed by atoms with van der Waals surface area (Å²) in [6.45, 7) is 4.50. The number of hydrogen-bond acceptors (Lipinski definition) is 6. The summed E-state index contributed by atoms with van der Waals surface area (Å²) >= 11 is 0. The molecule has 3 aromatic heterocycles. The predicted molar refractivity (Wildman–Crippen MR) is 107 cm³/mol. The average molecular weight is 388 g/mol. The van der Waals surface area contributed by atoms with Crippen LogP contribution in [0.4, 0.5) is 5.95 Å². The molecule has 0 saturated carbocycles. The first-order valence-corrected chi connectivity index (χ1v) is 9.53. The van der Waals surface area contributed by atoms with Gasteiger partial charge in [0.15, 0.2) is 0 Å². The lowest BCUT2D eigenvalue weighted by atomic mass is 10.3. The maximum absolute atomic E-state index is 12.9. The maximum atomic E-state index is 12.9. The third kappa shape index (κ3) is 3.10. The third-order valence-electron chi connectivity index (χ3n) is 5.22. The second kappa shape index (κ2) is 7.01. The standard InChI is InChI=1S/C20H20N8O/c1-15-6-5-9-18-21-17(14-27(15)18)19(29)25-10-12-26(13-11-25)20-22-23-24-28(20)16-7-3-2-4-8-16/h2-9,14H,10-13H2,1H3. The topological polar surface area (TPSA) is 84.5 Å².